The highest BCUT2D eigenvalue weighted by molar-refractivity contribution is 5.65. The molecule has 0 saturated heterocycles. The molecule has 2 rings (SSSR count). The third-order valence-corrected chi connectivity index (χ3v) is 2.34. The molecule has 0 aliphatic rings. The number of benzene rings is 2. The van der Waals surface area contributed by atoms with Gasteiger partial charge in [0.25, 0.3) is 0 Å². The van der Waals surface area contributed by atoms with Crippen molar-refractivity contribution in [1.82, 2.24) is 0 Å². The quantitative estimate of drug-likeness (QED) is 0.545. The molecule has 2 aromatic rings. The highest BCUT2D eigenvalue weighted by atomic mass is 14.6. The topological polar surface area (TPSA) is 49.8 Å². The van der Waals surface area contributed by atoms with Crippen molar-refractivity contribution >= 4 is 5.69 Å². The summed E-state index contributed by atoms with van der Waals surface area (Å²) in [7, 11) is 0. The van der Waals surface area contributed by atoms with Gasteiger partial charge in [0.15, 0.2) is 0 Å². The molecule has 0 saturated carbocycles. The molecule has 2 N–H and O–H groups in total. The fourth-order valence-corrected chi connectivity index (χ4v) is 1.43. The summed E-state index contributed by atoms with van der Waals surface area (Å²) >= 11 is 0. The van der Waals surface area contributed by atoms with Crippen LogP contribution in [0.4, 0.5) is 5.69 Å². The lowest BCUT2D eigenvalue weighted by atomic mass is 10.1. The standard InChI is InChI=1S/C15H10N2/c16-11-14-8-4-7-13(15(14)17)10-9-12-5-2-1-3-6-12/h1-8H,17H2. The zero-order valence-electron chi connectivity index (χ0n) is 9.14. The molecule has 0 aliphatic heterocycles. The maximum atomic E-state index is 8.85. The maximum Gasteiger partial charge on any atom is 0.101 e. The Morgan fingerprint density at radius 1 is 0.824 bits per heavy atom. The molecule has 17 heavy (non-hydrogen) atoms. The molecule has 2 aromatic carbocycles. The monoisotopic (exact) mass is 218 g/mol. The minimum absolute atomic E-state index is 0.443. The van der Waals surface area contributed by atoms with Crippen LogP contribution in [0, 0.1) is 23.2 Å². The number of nitrogens with two attached hydrogens (primary N) is 1. The SMILES string of the molecule is N#Cc1cccc(C#Cc2ccccc2)c1N. The van der Waals surface area contributed by atoms with Gasteiger partial charge in [-0.05, 0) is 24.3 Å². The second-order valence-electron chi connectivity index (χ2n) is 3.49. The van der Waals surface area contributed by atoms with Crippen LogP contribution in [0.3, 0.4) is 0 Å². The van der Waals surface area contributed by atoms with Gasteiger partial charge in [-0.2, -0.15) is 5.26 Å². The Balaban J connectivity index is 2.39. The van der Waals surface area contributed by atoms with E-state index in [-0.39, 0.29) is 0 Å². The van der Waals surface area contributed by atoms with Gasteiger partial charge in [-0.3, -0.25) is 0 Å². The molecule has 0 radical (unpaired) electrons. The first-order valence-electron chi connectivity index (χ1n) is 5.17. The molecule has 2 heteroatoms. The summed E-state index contributed by atoms with van der Waals surface area (Å²) in [5.41, 5.74) is 8.35. The number of nitriles is 1. The zero-order chi connectivity index (χ0) is 12.1. The molecule has 2 nitrogen and oxygen atoms in total. The van der Waals surface area contributed by atoms with E-state index in [1.54, 1.807) is 12.1 Å². The van der Waals surface area contributed by atoms with Gasteiger partial charge in [0.05, 0.1) is 11.3 Å². The van der Waals surface area contributed by atoms with Crippen LogP contribution in [0.2, 0.25) is 0 Å². The Bertz CT molecular complexity index is 625. The number of hydrogen-bond acceptors (Lipinski definition) is 2. The maximum absolute atomic E-state index is 8.85. The molecular formula is C15H10N2. The molecular weight excluding hydrogens is 208 g/mol. The molecule has 0 amide bonds. The zero-order valence-corrected chi connectivity index (χ0v) is 9.14. The fraction of sp³-hybridized carbons (Fsp3) is 0. The van der Waals surface area contributed by atoms with Crippen LogP contribution in [0.15, 0.2) is 48.5 Å². The molecule has 80 valence electrons. The van der Waals surface area contributed by atoms with E-state index >= 15 is 0 Å². The molecule has 0 fully saturated rings. The smallest absolute Gasteiger partial charge is 0.101 e. The van der Waals surface area contributed by atoms with E-state index in [1.165, 1.54) is 0 Å². The predicted octanol–water partition coefficient (Wildman–Crippen LogP) is 2.54. The Labute approximate surface area is 100 Å². The van der Waals surface area contributed by atoms with Gasteiger partial charge in [-0.25, -0.2) is 0 Å². The van der Waals surface area contributed by atoms with E-state index in [9.17, 15) is 0 Å². The minimum Gasteiger partial charge on any atom is -0.397 e. The van der Waals surface area contributed by atoms with Crippen LogP contribution in [0.25, 0.3) is 0 Å². The van der Waals surface area contributed by atoms with Crippen LogP contribution in [0.5, 0.6) is 0 Å². The summed E-state index contributed by atoms with van der Waals surface area (Å²) in [4.78, 5) is 0. The van der Waals surface area contributed by atoms with Crippen molar-refractivity contribution in [3.05, 3.63) is 65.2 Å². The van der Waals surface area contributed by atoms with Crippen molar-refractivity contribution < 1.29 is 0 Å². The third-order valence-electron chi connectivity index (χ3n) is 2.34. The summed E-state index contributed by atoms with van der Waals surface area (Å²) in [6.45, 7) is 0. The second-order valence-corrected chi connectivity index (χ2v) is 3.49. The number of nitrogens with zero attached hydrogens (tertiary/aromatic N) is 1. The largest absolute Gasteiger partial charge is 0.397 e. The average molecular weight is 218 g/mol. The van der Waals surface area contributed by atoms with E-state index in [4.69, 9.17) is 11.0 Å². The van der Waals surface area contributed by atoms with Crippen molar-refractivity contribution in [2.24, 2.45) is 0 Å². The van der Waals surface area contributed by atoms with Gasteiger partial charge in [0.1, 0.15) is 6.07 Å². The van der Waals surface area contributed by atoms with Gasteiger partial charge in [0, 0.05) is 11.1 Å². The third kappa shape index (κ3) is 2.45. The first-order chi connectivity index (χ1) is 8.31. The van der Waals surface area contributed by atoms with Crippen LogP contribution in [0.1, 0.15) is 16.7 Å². The predicted molar refractivity (Wildman–Crippen MR) is 68.0 cm³/mol. The summed E-state index contributed by atoms with van der Waals surface area (Å²) in [5, 5.41) is 8.85. The normalized spacial score (nSPS) is 8.88. The number of anilines is 1. The van der Waals surface area contributed by atoms with Crippen molar-refractivity contribution in [1.29, 1.82) is 5.26 Å². The van der Waals surface area contributed by atoms with E-state index < -0.39 is 0 Å². The van der Waals surface area contributed by atoms with E-state index in [1.807, 2.05) is 42.5 Å². The lowest BCUT2D eigenvalue weighted by Gasteiger charge is -1.99. The van der Waals surface area contributed by atoms with Crippen LogP contribution in [-0.4, -0.2) is 0 Å². The Morgan fingerprint density at radius 2 is 1.53 bits per heavy atom. The van der Waals surface area contributed by atoms with E-state index in [0.29, 0.717) is 16.8 Å². The summed E-state index contributed by atoms with van der Waals surface area (Å²) in [5.74, 6) is 5.99. The van der Waals surface area contributed by atoms with Crippen molar-refractivity contribution in [2.45, 2.75) is 0 Å². The lowest BCUT2D eigenvalue weighted by Crippen LogP contribution is -1.93. The first-order valence-corrected chi connectivity index (χ1v) is 5.17. The number of nitrogen functional groups attached to an aromatic ring is 1. The molecule has 0 aliphatic carbocycles. The van der Waals surface area contributed by atoms with Gasteiger partial charge >= 0.3 is 0 Å². The van der Waals surface area contributed by atoms with Crippen LogP contribution in [-0.2, 0) is 0 Å². The summed E-state index contributed by atoms with van der Waals surface area (Å²) in [6, 6.07) is 17.0. The summed E-state index contributed by atoms with van der Waals surface area (Å²) in [6.07, 6.45) is 0. The van der Waals surface area contributed by atoms with Crippen molar-refractivity contribution in [3.8, 4) is 17.9 Å². The Kier molecular flexibility index (Phi) is 3.10. The van der Waals surface area contributed by atoms with E-state index in [0.717, 1.165) is 5.56 Å². The average Bonchev–Trinajstić information content (AvgIpc) is 2.39. The van der Waals surface area contributed by atoms with Gasteiger partial charge < -0.3 is 5.73 Å². The van der Waals surface area contributed by atoms with Gasteiger partial charge in [0.2, 0.25) is 0 Å². The van der Waals surface area contributed by atoms with Crippen LogP contribution < -0.4 is 5.73 Å². The Morgan fingerprint density at radius 3 is 2.24 bits per heavy atom. The second kappa shape index (κ2) is 4.88. The molecule has 0 unspecified atom stereocenters. The summed E-state index contributed by atoms with van der Waals surface area (Å²) < 4.78 is 0. The molecule has 0 bridgehead atoms. The Hall–Kier alpha value is -2.71. The van der Waals surface area contributed by atoms with E-state index in [2.05, 4.69) is 11.8 Å². The number of rotatable bonds is 0. The fourth-order valence-electron chi connectivity index (χ4n) is 1.43. The minimum atomic E-state index is 0.443. The van der Waals surface area contributed by atoms with Gasteiger partial charge in [-0.15, -0.1) is 0 Å². The van der Waals surface area contributed by atoms with Crippen LogP contribution >= 0.6 is 0 Å². The first kappa shape index (κ1) is 10.8. The molecule has 0 aromatic heterocycles. The lowest BCUT2D eigenvalue weighted by molar-refractivity contribution is 1.47. The highest BCUT2D eigenvalue weighted by Gasteiger charge is 2.00. The number of hydrogen-bond donors (Lipinski definition) is 1. The van der Waals surface area contributed by atoms with Crippen molar-refractivity contribution in [3.63, 3.8) is 0 Å². The highest BCUT2D eigenvalue weighted by Crippen LogP contribution is 2.15. The van der Waals surface area contributed by atoms with Crippen molar-refractivity contribution in [2.75, 3.05) is 5.73 Å². The number of para-hydroxylation sites is 1. The van der Waals surface area contributed by atoms with Gasteiger partial charge in [-0.1, -0.05) is 36.1 Å². The molecule has 0 atom stereocenters. The molecule has 0 heterocycles. The molecule has 0 spiro atoms.